The molecule has 0 unspecified atom stereocenters. The molecule has 0 bridgehead atoms. The van der Waals surface area contributed by atoms with E-state index >= 15 is 0 Å². The van der Waals surface area contributed by atoms with E-state index in [4.69, 9.17) is 0 Å². The predicted molar refractivity (Wildman–Crippen MR) is 112 cm³/mol. The van der Waals surface area contributed by atoms with Crippen molar-refractivity contribution in [1.82, 2.24) is 21.3 Å². The molecule has 6 heteroatoms. The average Bonchev–Trinajstić information content (AvgIpc) is 2.74. The lowest BCUT2D eigenvalue weighted by Crippen LogP contribution is -2.35. The summed E-state index contributed by atoms with van der Waals surface area (Å²) in [6.45, 7) is 2.38. The van der Waals surface area contributed by atoms with E-state index < -0.39 is 0 Å². The number of urea groups is 2. The Kier molecular flexibility index (Phi) is 10.0. The Morgan fingerprint density at radius 3 is 1.32 bits per heavy atom. The van der Waals surface area contributed by atoms with Gasteiger partial charge in [0.25, 0.3) is 0 Å². The maximum Gasteiger partial charge on any atom is 0.315 e. The molecule has 0 spiro atoms. The molecule has 0 saturated heterocycles. The van der Waals surface area contributed by atoms with Crippen LogP contribution in [0.15, 0.2) is 60.7 Å². The van der Waals surface area contributed by atoms with Crippen LogP contribution in [-0.4, -0.2) is 25.2 Å². The molecule has 2 aromatic rings. The van der Waals surface area contributed by atoms with Crippen molar-refractivity contribution >= 4 is 12.1 Å². The number of benzene rings is 2. The molecule has 150 valence electrons. The van der Waals surface area contributed by atoms with Crippen LogP contribution in [-0.2, 0) is 13.1 Å². The number of carbonyl (C=O) groups excluding carboxylic acids is 2. The fraction of sp³-hybridized carbons (Fsp3) is 0.364. The minimum absolute atomic E-state index is 0.138. The number of rotatable bonds is 11. The third-order valence-electron chi connectivity index (χ3n) is 4.27. The summed E-state index contributed by atoms with van der Waals surface area (Å²) in [5.74, 6) is 0. The van der Waals surface area contributed by atoms with Gasteiger partial charge in [0.1, 0.15) is 0 Å². The van der Waals surface area contributed by atoms with E-state index in [1.54, 1.807) is 0 Å². The van der Waals surface area contributed by atoms with Crippen LogP contribution in [0.5, 0.6) is 0 Å². The highest BCUT2D eigenvalue weighted by Crippen LogP contribution is 1.99. The Morgan fingerprint density at radius 2 is 0.929 bits per heavy atom. The number of amides is 4. The van der Waals surface area contributed by atoms with Crippen molar-refractivity contribution in [3.05, 3.63) is 71.8 Å². The number of unbranched alkanes of at least 4 members (excludes halogenated alkanes) is 3. The normalized spacial score (nSPS) is 10.1. The van der Waals surface area contributed by atoms with Gasteiger partial charge >= 0.3 is 12.1 Å². The fourth-order valence-electron chi connectivity index (χ4n) is 2.69. The summed E-state index contributed by atoms with van der Waals surface area (Å²) in [5.41, 5.74) is 2.16. The van der Waals surface area contributed by atoms with Crippen molar-refractivity contribution in [3.63, 3.8) is 0 Å². The SMILES string of the molecule is O=C(NCCCCCCNC(=O)NCc1ccccc1)NCc1ccccc1. The van der Waals surface area contributed by atoms with Gasteiger partial charge in [-0.25, -0.2) is 9.59 Å². The molecule has 0 radical (unpaired) electrons. The Labute approximate surface area is 167 Å². The lowest BCUT2D eigenvalue weighted by molar-refractivity contribution is 0.239. The molecule has 6 nitrogen and oxygen atoms in total. The third kappa shape index (κ3) is 9.62. The van der Waals surface area contributed by atoms with Crippen LogP contribution in [0.25, 0.3) is 0 Å². The quantitative estimate of drug-likeness (QED) is 0.448. The molecule has 0 aliphatic rings. The van der Waals surface area contributed by atoms with E-state index in [2.05, 4.69) is 21.3 Å². The van der Waals surface area contributed by atoms with Crippen molar-refractivity contribution in [1.29, 1.82) is 0 Å². The summed E-state index contributed by atoms with van der Waals surface area (Å²) in [6, 6.07) is 19.4. The molecular weight excluding hydrogens is 352 g/mol. The Balaban J connectivity index is 1.39. The van der Waals surface area contributed by atoms with E-state index in [9.17, 15) is 9.59 Å². The first-order valence-electron chi connectivity index (χ1n) is 9.85. The summed E-state index contributed by atoms with van der Waals surface area (Å²) >= 11 is 0. The van der Waals surface area contributed by atoms with E-state index in [0.717, 1.165) is 36.8 Å². The lowest BCUT2D eigenvalue weighted by atomic mass is 10.2. The molecule has 0 saturated carbocycles. The zero-order valence-corrected chi connectivity index (χ0v) is 16.2. The van der Waals surface area contributed by atoms with Gasteiger partial charge in [-0.15, -0.1) is 0 Å². The first kappa shape index (κ1) is 21.3. The number of nitrogens with one attached hydrogen (secondary N) is 4. The maximum atomic E-state index is 11.7. The van der Waals surface area contributed by atoms with Crippen LogP contribution in [0.1, 0.15) is 36.8 Å². The van der Waals surface area contributed by atoms with Crippen LogP contribution >= 0.6 is 0 Å². The Hall–Kier alpha value is -3.02. The molecule has 4 amide bonds. The molecule has 2 rings (SSSR count). The number of carbonyl (C=O) groups is 2. The van der Waals surface area contributed by atoms with Crippen molar-refractivity contribution in [2.75, 3.05) is 13.1 Å². The number of hydrogen-bond acceptors (Lipinski definition) is 2. The summed E-state index contributed by atoms with van der Waals surface area (Å²) in [7, 11) is 0. The fourth-order valence-corrected chi connectivity index (χ4v) is 2.69. The first-order chi connectivity index (χ1) is 13.7. The largest absolute Gasteiger partial charge is 0.338 e. The van der Waals surface area contributed by atoms with Crippen molar-refractivity contribution in [2.24, 2.45) is 0 Å². The monoisotopic (exact) mass is 382 g/mol. The van der Waals surface area contributed by atoms with Crippen molar-refractivity contribution < 1.29 is 9.59 Å². The molecule has 0 atom stereocenters. The number of hydrogen-bond donors (Lipinski definition) is 4. The van der Waals surface area contributed by atoms with Gasteiger partial charge in [0.05, 0.1) is 0 Å². The van der Waals surface area contributed by atoms with Gasteiger partial charge in [-0.1, -0.05) is 73.5 Å². The minimum atomic E-state index is -0.138. The predicted octanol–water partition coefficient (Wildman–Crippen LogP) is 3.55. The molecule has 4 N–H and O–H groups in total. The lowest BCUT2D eigenvalue weighted by Gasteiger charge is -2.09. The minimum Gasteiger partial charge on any atom is -0.338 e. The molecule has 0 aliphatic carbocycles. The van der Waals surface area contributed by atoms with Gasteiger partial charge in [-0.3, -0.25) is 0 Å². The van der Waals surface area contributed by atoms with Crippen molar-refractivity contribution in [2.45, 2.75) is 38.8 Å². The van der Waals surface area contributed by atoms with Gasteiger partial charge in [0, 0.05) is 26.2 Å². The van der Waals surface area contributed by atoms with Crippen LogP contribution in [0.3, 0.4) is 0 Å². The Morgan fingerprint density at radius 1 is 0.536 bits per heavy atom. The van der Waals surface area contributed by atoms with E-state index in [1.807, 2.05) is 60.7 Å². The summed E-state index contributed by atoms with van der Waals surface area (Å²) < 4.78 is 0. The van der Waals surface area contributed by atoms with Gasteiger partial charge in [-0.05, 0) is 24.0 Å². The van der Waals surface area contributed by atoms with E-state index in [0.29, 0.717) is 26.2 Å². The van der Waals surface area contributed by atoms with Gasteiger partial charge in [0.15, 0.2) is 0 Å². The zero-order chi connectivity index (χ0) is 19.9. The maximum absolute atomic E-state index is 11.7. The van der Waals surface area contributed by atoms with Gasteiger partial charge in [0.2, 0.25) is 0 Å². The smallest absolute Gasteiger partial charge is 0.315 e. The molecule has 0 heterocycles. The van der Waals surface area contributed by atoms with Crippen LogP contribution < -0.4 is 21.3 Å². The second-order valence-corrected chi connectivity index (χ2v) is 6.60. The van der Waals surface area contributed by atoms with Crippen LogP contribution in [0.4, 0.5) is 9.59 Å². The molecule has 0 fully saturated rings. The van der Waals surface area contributed by atoms with Gasteiger partial charge < -0.3 is 21.3 Å². The summed E-state index contributed by atoms with van der Waals surface area (Å²) in [6.07, 6.45) is 3.90. The van der Waals surface area contributed by atoms with E-state index in [1.165, 1.54) is 0 Å². The third-order valence-corrected chi connectivity index (χ3v) is 4.27. The van der Waals surface area contributed by atoms with Crippen molar-refractivity contribution in [3.8, 4) is 0 Å². The standard InChI is InChI=1S/C22H30N4O2/c27-21(25-17-19-11-5-3-6-12-19)23-15-9-1-2-10-16-24-22(28)26-18-20-13-7-4-8-14-20/h3-8,11-14H,1-2,9-10,15-18H2,(H2,23,25,27)(H2,24,26,28). The van der Waals surface area contributed by atoms with Gasteiger partial charge in [-0.2, -0.15) is 0 Å². The molecule has 2 aromatic carbocycles. The second kappa shape index (κ2) is 13.2. The summed E-state index contributed by atoms with van der Waals surface area (Å²) in [5, 5.41) is 11.4. The molecule has 0 aliphatic heterocycles. The second-order valence-electron chi connectivity index (χ2n) is 6.60. The van der Waals surface area contributed by atoms with Crippen LogP contribution in [0, 0.1) is 0 Å². The highest BCUT2D eigenvalue weighted by atomic mass is 16.2. The summed E-state index contributed by atoms with van der Waals surface area (Å²) in [4.78, 5) is 23.4. The zero-order valence-electron chi connectivity index (χ0n) is 16.2. The molecule has 0 aromatic heterocycles. The highest BCUT2D eigenvalue weighted by molar-refractivity contribution is 5.74. The first-order valence-corrected chi connectivity index (χ1v) is 9.85. The molecule has 28 heavy (non-hydrogen) atoms. The van der Waals surface area contributed by atoms with E-state index in [-0.39, 0.29) is 12.1 Å². The topological polar surface area (TPSA) is 82.3 Å². The van der Waals surface area contributed by atoms with Crippen LogP contribution in [0.2, 0.25) is 0 Å². The average molecular weight is 383 g/mol. The highest BCUT2D eigenvalue weighted by Gasteiger charge is 2.01. The Bertz CT molecular complexity index is 631. The molecular formula is C22H30N4O2.